The van der Waals surface area contributed by atoms with Crippen LogP contribution in [-0.4, -0.2) is 19.6 Å². The van der Waals surface area contributed by atoms with Crippen LogP contribution in [0.4, 0.5) is 5.69 Å². The smallest absolute Gasteiger partial charge is 0.0366 e. The van der Waals surface area contributed by atoms with Gasteiger partial charge in [0.25, 0.3) is 0 Å². The number of hydrogen-bond acceptors (Lipinski definition) is 2. The Kier molecular flexibility index (Phi) is 6.56. The average Bonchev–Trinajstić information content (AvgIpc) is 2.52. The summed E-state index contributed by atoms with van der Waals surface area (Å²) in [5.41, 5.74) is 2.74. The second-order valence-electron chi connectivity index (χ2n) is 6.49. The molecule has 118 valence electrons. The molecule has 1 N–H and O–H groups in total. The third kappa shape index (κ3) is 4.74. The number of benzene rings is 1. The molecule has 1 aliphatic rings. The van der Waals surface area contributed by atoms with Crippen molar-refractivity contribution in [2.45, 2.75) is 53.0 Å². The lowest BCUT2D eigenvalue weighted by Gasteiger charge is -2.29. The maximum atomic E-state index is 3.66. The van der Waals surface area contributed by atoms with Crippen molar-refractivity contribution in [3.8, 4) is 0 Å². The van der Waals surface area contributed by atoms with Gasteiger partial charge >= 0.3 is 0 Å². The zero-order chi connectivity index (χ0) is 15.1. The summed E-state index contributed by atoms with van der Waals surface area (Å²) < 4.78 is 0. The Balaban J connectivity index is 1.78. The summed E-state index contributed by atoms with van der Waals surface area (Å²) in [6, 6.07) is 9.05. The van der Waals surface area contributed by atoms with Gasteiger partial charge in [0.1, 0.15) is 0 Å². The van der Waals surface area contributed by atoms with E-state index in [-0.39, 0.29) is 0 Å². The molecule has 0 radical (unpaired) electrons. The van der Waals surface area contributed by atoms with Crippen molar-refractivity contribution in [3.05, 3.63) is 29.8 Å². The minimum absolute atomic E-state index is 0.883. The molecule has 1 saturated carbocycles. The van der Waals surface area contributed by atoms with Gasteiger partial charge < -0.3 is 10.2 Å². The van der Waals surface area contributed by atoms with Crippen LogP contribution in [0.5, 0.6) is 0 Å². The van der Waals surface area contributed by atoms with E-state index < -0.39 is 0 Å². The standard InChI is InChI=1S/C19H32N2/c1-4-21(5-2)19-12-10-17(11-13-19)14-20-15-18-9-7-6-8-16(18)3/h10-13,16,18,20H,4-9,14-15H2,1-3H3. The van der Waals surface area contributed by atoms with Crippen molar-refractivity contribution in [2.24, 2.45) is 11.8 Å². The lowest BCUT2D eigenvalue weighted by molar-refractivity contribution is 0.247. The number of hydrogen-bond donors (Lipinski definition) is 1. The van der Waals surface area contributed by atoms with Gasteiger partial charge in [0.05, 0.1) is 0 Å². The van der Waals surface area contributed by atoms with Crippen LogP contribution in [0.25, 0.3) is 0 Å². The Morgan fingerprint density at radius 2 is 1.71 bits per heavy atom. The maximum absolute atomic E-state index is 3.66. The highest BCUT2D eigenvalue weighted by molar-refractivity contribution is 5.47. The molecule has 1 aromatic carbocycles. The molecule has 1 fully saturated rings. The molecule has 2 rings (SSSR count). The van der Waals surface area contributed by atoms with Crippen LogP contribution in [0.1, 0.15) is 52.0 Å². The van der Waals surface area contributed by atoms with Crippen molar-refractivity contribution in [1.29, 1.82) is 0 Å². The molecule has 1 aliphatic carbocycles. The third-order valence-electron chi connectivity index (χ3n) is 5.09. The van der Waals surface area contributed by atoms with E-state index in [4.69, 9.17) is 0 Å². The van der Waals surface area contributed by atoms with E-state index in [0.717, 1.165) is 31.5 Å². The fourth-order valence-corrected chi connectivity index (χ4v) is 3.51. The molecule has 2 atom stereocenters. The number of nitrogens with one attached hydrogen (secondary N) is 1. The van der Waals surface area contributed by atoms with Gasteiger partial charge in [0.2, 0.25) is 0 Å². The molecule has 2 heteroatoms. The first-order valence-electron chi connectivity index (χ1n) is 8.79. The van der Waals surface area contributed by atoms with Crippen LogP contribution in [0, 0.1) is 11.8 Å². The van der Waals surface area contributed by atoms with Gasteiger partial charge in [-0.25, -0.2) is 0 Å². The molecule has 0 aliphatic heterocycles. The normalized spacial score (nSPS) is 22.2. The van der Waals surface area contributed by atoms with Crippen molar-refractivity contribution >= 4 is 5.69 Å². The van der Waals surface area contributed by atoms with Gasteiger partial charge in [0, 0.05) is 25.3 Å². The monoisotopic (exact) mass is 288 g/mol. The number of nitrogens with zero attached hydrogens (tertiary/aromatic N) is 1. The molecular weight excluding hydrogens is 256 g/mol. The Bertz CT molecular complexity index is 395. The molecule has 0 aromatic heterocycles. The Morgan fingerprint density at radius 3 is 2.33 bits per heavy atom. The van der Waals surface area contributed by atoms with Gasteiger partial charge in [-0.2, -0.15) is 0 Å². The van der Waals surface area contributed by atoms with E-state index in [1.807, 2.05) is 0 Å². The van der Waals surface area contributed by atoms with Crippen LogP contribution in [0.3, 0.4) is 0 Å². The summed E-state index contributed by atoms with van der Waals surface area (Å²) in [7, 11) is 0. The van der Waals surface area contributed by atoms with E-state index in [1.165, 1.54) is 43.5 Å². The quantitative estimate of drug-likeness (QED) is 0.797. The maximum Gasteiger partial charge on any atom is 0.0366 e. The van der Waals surface area contributed by atoms with Gasteiger partial charge in [-0.05, 0) is 56.3 Å². The second-order valence-corrected chi connectivity index (χ2v) is 6.49. The lowest BCUT2D eigenvalue weighted by atomic mass is 9.80. The van der Waals surface area contributed by atoms with Gasteiger partial charge in [-0.3, -0.25) is 0 Å². The minimum Gasteiger partial charge on any atom is -0.372 e. The molecular formula is C19H32N2. The van der Waals surface area contributed by atoms with Crippen molar-refractivity contribution in [3.63, 3.8) is 0 Å². The Morgan fingerprint density at radius 1 is 1.05 bits per heavy atom. The van der Waals surface area contributed by atoms with Crippen LogP contribution in [0.15, 0.2) is 24.3 Å². The zero-order valence-corrected chi connectivity index (χ0v) is 14.1. The minimum atomic E-state index is 0.883. The molecule has 2 unspecified atom stereocenters. The fourth-order valence-electron chi connectivity index (χ4n) is 3.51. The van der Waals surface area contributed by atoms with Crippen molar-refractivity contribution in [1.82, 2.24) is 5.32 Å². The largest absolute Gasteiger partial charge is 0.372 e. The molecule has 2 nitrogen and oxygen atoms in total. The summed E-state index contributed by atoms with van der Waals surface area (Å²) in [5, 5.41) is 3.66. The Hall–Kier alpha value is -1.02. The van der Waals surface area contributed by atoms with Crippen LogP contribution >= 0.6 is 0 Å². The summed E-state index contributed by atoms with van der Waals surface area (Å²) in [4.78, 5) is 2.39. The SMILES string of the molecule is CCN(CC)c1ccc(CNCC2CCCCC2C)cc1. The average molecular weight is 288 g/mol. The predicted octanol–water partition coefficient (Wildman–Crippen LogP) is 4.45. The Labute approximate surface area is 130 Å². The summed E-state index contributed by atoms with van der Waals surface area (Å²) in [5.74, 6) is 1.78. The van der Waals surface area contributed by atoms with E-state index in [0.29, 0.717) is 0 Å². The van der Waals surface area contributed by atoms with Crippen LogP contribution in [-0.2, 0) is 6.54 Å². The van der Waals surface area contributed by atoms with Crippen LogP contribution < -0.4 is 10.2 Å². The zero-order valence-electron chi connectivity index (χ0n) is 14.1. The highest BCUT2D eigenvalue weighted by atomic mass is 15.1. The van der Waals surface area contributed by atoms with Gasteiger partial charge in [0.15, 0.2) is 0 Å². The lowest BCUT2D eigenvalue weighted by Crippen LogP contribution is -2.29. The summed E-state index contributed by atoms with van der Waals surface area (Å²) in [6.45, 7) is 11.2. The van der Waals surface area contributed by atoms with Gasteiger partial charge in [-0.15, -0.1) is 0 Å². The van der Waals surface area contributed by atoms with E-state index >= 15 is 0 Å². The molecule has 0 heterocycles. The van der Waals surface area contributed by atoms with E-state index in [9.17, 15) is 0 Å². The van der Waals surface area contributed by atoms with E-state index in [2.05, 4.69) is 55.3 Å². The van der Waals surface area contributed by atoms with E-state index in [1.54, 1.807) is 0 Å². The molecule has 0 spiro atoms. The molecule has 0 bridgehead atoms. The first-order chi connectivity index (χ1) is 10.2. The summed E-state index contributed by atoms with van der Waals surface area (Å²) >= 11 is 0. The molecule has 0 saturated heterocycles. The van der Waals surface area contributed by atoms with Crippen molar-refractivity contribution < 1.29 is 0 Å². The first-order valence-corrected chi connectivity index (χ1v) is 8.79. The molecule has 1 aromatic rings. The third-order valence-corrected chi connectivity index (χ3v) is 5.09. The topological polar surface area (TPSA) is 15.3 Å². The first kappa shape index (κ1) is 16.4. The van der Waals surface area contributed by atoms with Gasteiger partial charge in [-0.1, -0.05) is 38.3 Å². The van der Waals surface area contributed by atoms with Crippen LogP contribution in [0.2, 0.25) is 0 Å². The number of anilines is 1. The molecule has 0 amide bonds. The molecule has 21 heavy (non-hydrogen) atoms. The fraction of sp³-hybridized carbons (Fsp3) is 0.684. The van der Waals surface area contributed by atoms with Crippen molar-refractivity contribution in [2.75, 3.05) is 24.5 Å². The highest BCUT2D eigenvalue weighted by Crippen LogP contribution is 2.28. The highest BCUT2D eigenvalue weighted by Gasteiger charge is 2.20. The number of rotatable bonds is 7. The summed E-state index contributed by atoms with van der Waals surface area (Å²) in [6.07, 6.45) is 5.69. The second kappa shape index (κ2) is 8.43. The predicted molar refractivity (Wildman–Crippen MR) is 92.8 cm³/mol.